The highest BCUT2D eigenvalue weighted by Crippen LogP contribution is 2.26. The van der Waals surface area contributed by atoms with Crippen molar-refractivity contribution in [3.63, 3.8) is 0 Å². The van der Waals surface area contributed by atoms with Crippen LogP contribution in [0, 0.1) is 11.8 Å². The predicted octanol–water partition coefficient (Wildman–Crippen LogP) is 1.18. The number of amides is 2. The topological polar surface area (TPSA) is 139 Å². The van der Waals surface area contributed by atoms with Crippen molar-refractivity contribution in [2.75, 3.05) is 64.8 Å². The van der Waals surface area contributed by atoms with Crippen LogP contribution < -0.4 is 5.73 Å². The summed E-state index contributed by atoms with van der Waals surface area (Å²) in [5.74, 6) is 0.579. The highest BCUT2D eigenvalue weighted by atomic mass is 16.6. The summed E-state index contributed by atoms with van der Waals surface area (Å²) < 4.78 is 5.32. The van der Waals surface area contributed by atoms with E-state index in [1.165, 1.54) is 0 Å². The number of nitrogens with two attached hydrogens (primary N) is 1. The van der Waals surface area contributed by atoms with Crippen molar-refractivity contribution in [3.8, 4) is 0 Å². The fourth-order valence-corrected chi connectivity index (χ4v) is 5.58. The smallest absolute Gasteiger partial charge is 0.263 e. The van der Waals surface area contributed by atoms with Crippen molar-refractivity contribution in [1.82, 2.24) is 29.7 Å². The molecule has 0 aliphatic carbocycles. The Morgan fingerprint density at radius 3 is 2.30 bits per heavy atom. The number of nitrogens with zero attached hydrogens (tertiary/aromatic N) is 7. The molecule has 12 nitrogen and oxygen atoms in total. The van der Waals surface area contributed by atoms with Gasteiger partial charge >= 0.3 is 0 Å². The number of pyridine rings is 1. The maximum absolute atomic E-state index is 13.4. The molecule has 0 spiro atoms. The van der Waals surface area contributed by atoms with Crippen molar-refractivity contribution >= 4 is 23.5 Å². The van der Waals surface area contributed by atoms with Gasteiger partial charge in [0.25, 0.3) is 5.91 Å². The molecule has 0 radical (unpaired) electrons. The van der Waals surface area contributed by atoms with E-state index in [0.717, 1.165) is 62.3 Å². The molecule has 5 heterocycles. The van der Waals surface area contributed by atoms with Gasteiger partial charge in [0.1, 0.15) is 5.71 Å². The summed E-state index contributed by atoms with van der Waals surface area (Å²) in [6.07, 6.45) is 8.50. The molecule has 3 aliphatic heterocycles. The highest BCUT2D eigenvalue weighted by molar-refractivity contribution is 6.00. The number of rotatable bonds is 8. The van der Waals surface area contributed by atoms with Gasteiger partial charge in [0.15, 0.2) is 6.61 Å². The minimum Gasteiger partial charge on any atom is -0.385 e. The van der Waals surface area contributed by atoms with Crippen LogP contribution in [0.4, 0.5) is 5.95 Å². The molecule has 40 heavy (non-hydrogen) atoms. The van der Waals surface area contributed by atoms with Gasteiger partial charge < -0.3 is 25.1 Å². The number of hydrogen-bond donors (Lipinski definition) is 1. The molecule has 5 rings (SSSR count). The number of oxime groups is 1. The lowest BCUT2D eigenvalue weighted by Gasteiger charge is -2.37. The predicted molar refractivity (Wildman–Crippen MR) is 148 cm³/mol. The number of likely N-dealkylation sites (tertiary alicyclic amines) is 2. The van der Waals surface area contributed by atoms with Crippen LogP contribution in [-0.4, -0.2) is 106 Å². The number of nitrogen functional groups attached to an aromatic ring is 1. The highest BCUT2D eigenvalue weighted by Gasteiger charge is 2.33. The quantitative estimate of drug-likeness (QED) is 0.379. The first-order chi connectivity index (χ1) is 19.6. The molecule has 12 heteroatoms. The number of piperidine rings is 2. The summed E-state index contributed by atoms with van der Waals surface area (Å²) in [6.45, 7) is 5.97. The number of anilines is 1. The van der Waals surface area contributed by atoms with Crippen molar-refractivity contribution in [2.45, 2.75) is 32.2 Å². The third kappa shape index (κ3) is 7.30. The van der Waals surface area contributed by atoms with Gasteiger partial charge in [0.2, 0.25) is 11.9 Å². The first kappa shape index (κ1) is 27.9. The molecule has 0 unspecified atom stereocenters. The molecular formula is C28H38N8O4. The Bertz CT molecular complexity index is 1140. The summed E-state index contributed by atoms with van der Waals surface area (Å²) in [7, 11) is 0. The summed E-state index contributed by atoms with van der Waals surface area (Å²) in [5.41, 5.74) is 8.09. The number of ether oxygens (including phenoxy) is 1. The van der Waals surface area contributed by atoms with Gasteiger partial charge in [-0.1, -0.05) is 11.2 Å². The van der Waals surface area contributed by atoms with Gasteiger partial charge in [-0.2, -0.15) is 0 Å². The maximum Gasteiger partial charge on any atom is 0.263 e. The van der Waals surface area contributed by atoms with Gasteiger partial charge in [-0.15, -0.1) is 0 Å². The average Bonchev–Trinajstić information content (AvgIpc) is 3.01. The number of aromatic nitrogens is 3. The minimum absolute atomic E-state index is 0.0499. The molecule has 0 atom stereocenters. The largest absolute Gasteiger partial charge is 0.385 e. The number of carbonyl (C=O) groups is 2. The SMILES string of the molecule is Nc1ncc(CN2CCC(C(=O)N3CCC(C(=NOCC(=O)N4CCOCC4)c4ccccn4)CC3)CC2)cn1. The van der Waals surface area contributed by atoms with Gasteiger partial charge in [0, 0.05) is 68.7 Å². The molecule has 2 aromatic rings. The van der Waals surface area contributed by atoms with E-state index in [-0.39, 0.29) is 36.2 Å². The maximum atomic E-state index is 13.4. The summed E-state index contributed by atoms with van der Waals surface area (Å²) in [5, 5.41) is 4.41. The summed E-state index contributed by atoms with van der Waals surface area (Å²) >= 11 is 0. The Kier molecular flexibility index (Phi) is 9.50. The second-order valence-corrected chi connectivity index (χ2v) is 10.6. The molecule has 0 aromatic carbocycles. The van der Waals surface area contributed by atoms with Gasteiger partial charge in [-0.05, 0) is 50.9 Å². The summed E-state index contributed by atoms with van der Waals surface area (Å²) in [4.78, 5) is 50.1. The molecule has 2 amide bonds. The van der Waals surface area contributed by atoms with Gasteiger partial charge in [-0.25, -0.2) is 9.97 Å². The molecule has 3 saturated heterocycles. The first-order valence-electron chi connectivity index (χ1n) is 14.1. The van der Waals surface area contributed by atoms with Crippen LogP contribution in [0.3, 0.4) is 0 Å². The lowest BCUT2D eigenvalue weighted by molar-refractivity contribution is -0.140. The van der Waals surface area contributed by atoms with E-state index in [4.69, 9.17) is 15.3 Å². The Balaban J connectivity index is 1.12. The van der Waals surface area contributed by atoms with E-state index in [2.05, 4.69) is 25.0 Å². The Morgan fingerprint density at radius 1 is 0.925 bits per heavy atom. The van der Waals surface area contributed by atoms with Crippen molar-refractivity contribution < 1.29 is 19.2 Å². The molecular weight excluding hydrogens is 512 g/mol. The van der Waals surface area contributed by atoms with Crippen LogP contribution in [0.15, 0.2) is 41.9 Å². The normalized spacial score (nSPS) is 19.9. The van der Waals surface area contributed by atoms with Crippen LogP contribution in [-0.2, 0) is 25.7 Å². The van der Waals surface area contributed by atoms with Crippen LogP contribution >= 0.6 is 0 Å². The Morgan fingerprint density at radius 2 is 1.62 bits per heavy atom. The van der Waals surface area contributed by atoms with Crippen LogP contribution in [0.25, 0.3) is 0 Å². The van der Waals surface area contributed by atoms with E-state index in [1.807, 2.05) is 23.1 Å². The first-order valence-corrected chi connectivity index (χ1v) is 14.1. The second kappa shape index (κ2) is 13.6. The van der Waals surface area contributed by atoms with Crippen molar-refractivity contribution in [3.05, 3.63) is 48.0 Å². The third-order valence-electron chi connectivity index (χ3n) is 7.90. The minimum atomic E-state index is -0.113. The average molecular weight is 551 g/mol. The van der Waals surface area contributed by atoms with E-state index < -0.39 is 0 Å². The van der Waals surface area contributed by atoms with Crippen molar-refractivity contribution in [1.29, 1.82) is 0 Å². The van der Waals surface area contributed by atoms with Crippen molar-refractivity contribution in [2.24, 2.45) is 17.0 Å². The lowest BCUT2D eigenvalue weighted by atomic mass is 9.88. The van der Waals surface area contributed by atoms with E-state index in [9.17, 15) is 9.59 Å². The second-order valence-electron chi connectivity index (χ2n) is 10.6. The molecule has 2 aromatic heterocycles. The molecule has 0 saturated carbocycles. The zero-order chi connectivity index (χ0) is 27.7. The zero-order valence-corrected chi connectivity index (χ0v) is 22.9. The molecule has 214 valence electrons. The Labute approximate surface area is 234 Å². The van der Waals surface area contributed by atoms with Crippen LogP contribution in [0.1, 0.15) is 36.9 Å². The monoisotopic (exact) mass is 550 g/mol. The molecule has 0 bridgehead atoms. The fourth-order valence-electron chi connectivity index (χ4n) is 5.58. The molecule has 2 N–H and O–H groups in total. The van der Waals surface area contributed by atoms with Gasteiger partial charge in [-0.3, -0.25) is 19.5 Å². The van der Waals surface area contributed by atoms with Gasteiger partial charge in [0.05, 0.1) is 18.9 Å². The van der Waals surface area contributed by atoms with Crippen LogP contribution in [0.5, 0.6) is 0 Å². The lowest BCUT2D eigenvalue weighted by Crippen LogP contribution is -2.46. The van der Waals surface area contributed by atoms with E-state index in [0.29, 0.717) is 39.4 Å². The fraction of sp³-hybridized carbons (Fsp3) is 0.571. The van der Waals surface area contributed by atoms with E-state index >= 15 is 0 Å². The molecule has 3 aliphatic rings. The number of morpholine rings is 1. The third-order valence-corrected chi connectivity index (χ3v) is 7.90. The van der Waals surface area contributed by atoms with Crippen LogP contribution in [0.2, 0.25) is 0 Å². The standard InChI is InChI=1S/C28H38N8O4/c29-28-31-17-21(18-32-28)19-34-9-4-23(5-10-34)27(38)36-11-6-22(7-12-36)26(24-3-1-2-8-30-24)33-40-20-25(37)35-13-15-39-16-14-35/h1-3,8,17-18,22-23H,4-7,9-16,19-20H2,(H2,29,31,32). The number of hydrogen-bond acceptors (Lipinski definition) is 10. The Hall–Kier alpha value is -3.64. The zero-order valence-electron chi connectivity index (χ0n) is 22.9. The van der Waals surface area contributed by atoms with E-state index in [1.54, 1.807) is 23.5 Å². The number of carbonyl (C=O) groups excluding carboxylic acids is 2. The molecule has 3 fully saturated rings. The summed E-state index contributed by atoms with van der Waals surface area (Å²) in [6, 6.07) is 5.69.